The van der Waals surface area contributed by atoms with Crippen LogP contribution < -0.4 is 10.6 Å². The highest BCUT2D eigenvalue weighted by molar-refractivity contribution is 5.90. The van der Waals surface area contributed by atoms with E-state index in [1.807, 2.05) is 38.1 Å². The molecule has 38 heavy (non-hydrogen) atoms. The molecule has 2 amide bonds. The van der Waals surface area contributed by atoms with Crippen LogP contribution in [0.5, 0.6) is 0 Å². The number of nitrogens with zero attached hydrogens (tertiary/aromatic N) is 2. The molecule has 1 aromatic heterocycles. The largest absolute Gasteiger partial charge is 0.394 e. The van der Waals surface area contributed by atoms with Crippen LogP contribution >= 0.6 is 0 Å². The van der Waals surface area contributed by atoms with E-state index >= 15 is 0 Å². The molecule has 5 rings (SSSR count). The van der Waals surface area contributed by atoms with Crippen LogP contribution in [0.2, 0.25) is 0 Å². The number of hydrogen-bond acceptors (Lipinski definition) is 5. The highest BCUT2D eigenvalue weighted by Gasteiger charge is 2.57. The number of pyridine rings is 1. The van der Waals surface area contributed by atoms with Gasteiger partial charge in [0.1, 0.15) is 5.82 Å². The van der Waals surface area contributed by atoms with Crippen molar-refractivity contribution >= 4 is 17.5 Å². The summed E-state index contributed by atoms with van der Waals surface area (Å²) in [6.07, 6.45) is -2.78. The summed E-state index contributed by atoms with van der Waals surface area (Å²) in [4.78, 5) is 19.2. The molecule has 3 heterocycles. The first-order valence-electron chi connectivity index (χ1n) is 13.3. The smallest absolute Gasteiger partial charge is 0.389 e. The Kier molecular flexibility index (Phi) is 7.30. The molecule has 2 aliphatic heterocycles. The van der Waals surface area contributed by atoms with Gasteiger partial charge in [0.05, 0.1) is 18.9 Å². The number of fused-ring (bicyclic) bond motifs is 1. The predicted molar refractivity (Wildman–Crippen MR) is 139 cm³/mol. The molecule has 2 saturated heterocycles. The molecular weight excluding hydrogens is 497 g/mol. The second-order valence-electron chi connectivity index (χ2n) is 11.1. The number of aliphatic hydroxyl groups excluding tert-OH is 1. The van der Waals surface area contributed by atoms with E-state index in [9.17, 15) is 23.1 Å². The van der Waals surface area contributed by atoms with Crippen LogP contribution in [0.15, 0.2) is 30.3 Å². The van der Waals surface area contributed by atoms with Gasteiger partial charge in [-0.2, -0.15) is 13.2 Å². The molecule has 1 aliphatic carbocycles. The molecule has 1 aromatic carbocycles. The van der Waals surface area contributed by atoms with E-state index in [2.05, 4.69) is 16.7 Å². The number of carbonyl (C=O) groups excluding carboxylic acids is 1. The minimum Gasteiger partial charge on any atom is -0.394 e. The third kappa shape index (κ3) is 5.76. The number of anilines is 2. The molecule has 0 spiro atoms. The first-order chi connectivity index (χ1) is 18.1. The average Bonchev–Trinajstić information content (AvgIpc) is 3.46. The molecule has 4 atom stereocenters. The lowest BCUT2D eigenvalue weighted by Crippen LogP contribution is -2.33. The van der Waals surface area contributed by atoms with Crippen molar-refractivity contribution in [3.63, 3.8) is 0 Å². The maximum absolute atomic E-state index is 12.9. The zero-order valence-electron chi connectivity index (χ0n) is 21.8. The van der Waals surface area contributed by atoms with Crippen LogP contribution in [0.4, 0.5) is 29.5 Å². The normalized spacial score (nSPS) is 25.6. The Labute approximate surface area is 220 Å². The van der Waals surface area contributed by atoms with Gasteiger partial charge in [0.2, 0.25) is 0 Å². The Hall–Kier alpha value is -2.85. The van der Waals surface area contributed by atoms with Gasteiger partial charge in [-0.1, -0.05) is 6.07 Å². The van der Waals surface area contributed by atoms with Crippen LogP contribution in [0.3, 0.4) is 0 Å². The van der Waals surface area contributed by atoms with Gasteiger partial charge < -0.3 is 25.4 Å². The zero-order valence-corrected chi connectivity index (χ0v) is 21.8. The Bertz CT molecular complexity index is 1190. The fourth-order valence-electron chi connectivity index (χ4n) is 5.86. The van der Waals surface area contributed by atoms with Crippen molar-refractivity contribution in [3.8, 4) is 11.1 Å². The Balaban J connectivity index is 1.39. The summed E-state index contributed by atoms with van der Waals surface area (Å²) in [5.41, 5.74) is 4.51. The van der Waals surface area contributed by atoms with E-state index in [1.54, 1.807) is 0 Å². The predicted octanol–water partition coefficient (Wildman–Crippen LogP) is 5.33. The minimum absolute atomic E-state index is 0.00951. The van der Waals surface area contributed by atoms with Crippen molar-refractivity contribution in [3.05, 3.63) is 41.6 Å². The van der Waals surface area contributed by atoms with E-state index < -0.39 is 18.5 Å². The molecule has 10 heteroatoms. The summed E-state index contributed by atoms with van der Waals surface area (Å²) in [5, 5.41) is 15.7. The standard InChI is InChI=1S/C28H35F3N4O3/c1-17-3-4-22(33-26(37)35-7-5-19(14-35)12-28(29,30)31)11-23(17)20-9-24(27-6-8-38-16-21(27)13-27)34-25(10-20)32-18(2)15-36/h3-4,9-11,18-19,21,36H,5-8,12-16H2,1-2H3,(H,32,34)(H,33,37)/t18-,19?,21+,27-/m1/s1. The van der Waals surface area contributed by atoms with Crippen molar-refractivity contribution in [2.75, 3.05) is 43.5 Å². The lowest BCUT2D eigenvalue weighted by molar-refractivity contribution is -0.143. The van der Waals surface area contributed by atoms with Gasteiger partial charge in [-0.3, -0.25) is 0 Å². The summed E-state index contributed by atoms with van der Waals surface area (Å²) in [5.74, 6) is 0.579. The summed E-state index contributed by atoms with van der Waals surface area (Å²) >= 11 is 0. The molecule has 2 aromatic rings. The fourth-order valence-corrected chi connectivity index (χ4v) is 5.86. The van der Waals surface area contributed by atoms with Crippen LogP contribution in [-0.4, -0.2) is 66.1 Å². The number of aliphatic hydroxyl groups is 1. The number of urea groups is 1. The maximum Gasteiger partial charge on any atom is 0.389 e. The Morgan fingerprint density at radius 3 is 2.87 bits per heavy atom. The number of hydrogen-bond donors (Lipinski definition) is 3. The molecular formula is C28H35F3N4O3. The number of aryl methyl sites for hydroxylation is 1. The number of halogens is 3. The first kappa shape index (κ1) is 26.7. The van der Waals surface area contributed by atoms with Gasteiger partial charge in [0.25, 0.3) is 0 Å². The van der Waals surface area contributed by atoms with Crippen molar-refractivity contribution in [1.82, 2.24) is 9.88 Å². The summed E-state index contributed by atoms with van der Waals surface area (Å²) in [6, 6.07) is 9.17. The van der Waals surface area contributed by atoms with Crippen molar-refractivity contribution in [2.24, 2.45) is 11.8 Å². The fraction of sp³-hybridized carbons (Fsp3) is 0.571. The molecule has 1 saturated carbocycles. The number of amides is 2. The van der Waals surface area contributed by atoms with Gasteiger partial charge in [-0.15, -0.1) is 0 Å². The summed E-state index contributed by atoms with van der Waals surface area (Å²) in [6.45, 7) is 5.72. The zero-order chi connectivity index (χ0) is 27.1. The van der Waals surface area contributed by atoms with Gasteiger partial charge in [0, 0.05) is 43.3 Å². The number of carbonyl (C=O) groups is 1. The third-order valence-corrected chi connectivity index (χ3v) is 8.14. The van der Waals surface area contributed by atoms with Gasteiger partial charge in [-0.05, 0) is 85.9 Å². The Morgan fingerprint density at radius 2 is 2.13 bits per heavy atom. The topological polar surface area (TPSA) is 86.7 Å². The van der Waals surface area contributed by atoms with Crippen LogP contribution in [0, 0.1) is 18.8 Å². The van der Waals surface area contributed by atoms with E-state index in [1.165, 1.54) is 4.90 Å². The number of likely N-dealkylation sites (tertiary alicyclic amines) is 1. The van der Waals surface area contributed by atoms with Gasteiger partial charge >= 0.3 is 12.2 Å². The second-order valence-corrected chi connectivity index (χ2v) is 11.1. The quantitative estimate of drug-likeness (QED) is 0.449. The first-order valence-corrected chi connectivity index (χ1v) is 13.3. The molecule has 0 bridgehead atoms. The number of alkyl halides is 3. The van der Waals surface area contributed by atoms with E-state index in [4.69, 9.17) is 9.72 Å². The summed E-state index contributed by atoms with van der Waals surface area (Å²) < 4.78 is 44.0. The second kappa shape index (κ2) is 10.4. The SMILES string of the molecule is Cc1ccc(NC(=O)N2CCC(CC(F)(F)F)C2)cc1-c1cc(N[C@H](C)CO)nc([C@@]23CCOC[C@@H]2C3)c1. The van der Waals surface area contributed by atoms with Crippen molar-refractivity contribution < 1.29 is 27.8 Å². The number of benzene rings is 1. The minimum atomic E-state index is -4.22. The molecule has 1 unspecified atom stereocenters. The van der Waals surface area contributed by atoms with E-state index in [-0.39, 0.29) is 30.6 Å². The highest BCUT2D eigenvalue weighted by Crippen LogP contribution is 2.58. The van der Waals surface area contributed by atoms with Crippen LogP contribution in [-0.2, 0) is 10.2 Å². The van der Waals surface area contributed by atoms with Gasteiger partial charge in [-0.25, -0.2) is 9.78 Å². The molecule has 3 aliphatic rings. The molecule has 3 fully saturated rings. The molecule has 3 N–H and O–H groups in total. The van der Waals surface area contributed by atoms with E-state index in [0.717, 1.165) is 41.8 Å². The number of ether oxygens (including phenoxy) is 1. The molecule has 0 radical (unpaired) electrons. The van der Waals surface area contributed by atoms with Crippen molar-refractivity contribution in [2.45, 2.75) is 57.2 Å². The monoisotopic (exact) mass is 532 g/mol. The van der Waals surface area contributed by atoms with Crippen molar-refractivity contribution in [1.29, 1.82) is 0 Å². The number of rotatable bonds is 7. The molecule has 7 nitrogen and oxygen atoms in total. The van der Waals surface area contributed by atoms with Gasteiger partial charge in [0.15, 0.2) is 0 Å². The highest BCUT2D eigenvalue weighted by atomic mass is 19.4. The maximum atomic E-state index is 12.9. The van der Waals surface area contributed by atoms with E-state index in [0.29, 0.717) is 37.0 Å². The Morgan fingerprint density at radius 1 is 1.32 bits per heavy atom. The number of nitrogens with one attached hydrogen (secondary N) is 2. The molecule has 206 valence electrons. The lowest BCUT2D eigenvalue weighted by atomic mass is 9.90. The summed E-state index contributed by atoms with van der Waals surface area (Å²) in [7, 11) is 0. The lowest BCUT2D eigenvalue weighted by Gasteiger charge is -2.24. The van der Waals surface area contributed by atoms with Crippen LogP contribution in [0.25, 0.3) is 11.1 Å². The average molecular weight is 533 g/mol. The third-order valence-electron chi connectivity index (χ3n) is 8.14. The van der Waals surface area contributed by atoms with Crippen LogP contribution in [0.1, 0.15) is 43.9 Å². The number of aromatic nitrogens is 1.